The zero-order chi connectivity index (χ0) is 15.2. The van der Waals surface area contributed by atoms with Gasteiger partial charge in [-0.1, -0.05) is 61.7 Å². The third kappa shape index (κ3) is 4.30. The maximum atomic E-state index is 12.6. The highest BCUT2D eigenvalue weighted by Gasteiger charge is 2.24. The molecule has 0 spiro atoms. The van der Waals surface area contributed by atoms with Crippen LogP contribution >= 0.6 is 15.9 Å². The first-order valence-corrected chi connectivity index (χ1v) is 9.70. The highest BCUT2D eigenvalue weighted by atomic mass is 79.9. The normalized spacial score (nSPS) is 12.3. The number of hydrogen-bond acceptors (Lipinski definition) is 2. The van der Waals surface area contributed by atoms with E-state index < -0.39 is 10.0 Å². The lowest BCUT2D eigenvalue weighted by atomic mass is 10.0. The van der Waals surface area contributed by atoms with E-state index in [4.69, 9.17) is 0 Å². The molecule has 0 amide bonds. The summed E-state index contributed by atoms with van der Waals surface area (Å²) in [5.74, 6) is 0.423. The van der Waals surface area contributed by atoms with Gasteiger partial charge in [0.1, 0.15) is 0 Å². The molecule has 1 rings (SSSR count). The molecule has 114 valence electrons. The van der Waals surface area contributed by atoms with Gasteiger partial charge in [-0.15, -0.1) is 0 Å². The number of rotatable bonds is 8. The van der Waals surface area contributed by atoms with Gasteiger partial charge in [0.05, 0.1) is 4.90 Å². The van der Waals surface area contributed by atoms with Gasteiger partial charge < -0.3 is 0 Å². The predicted molar refractivity (Wildman–Crippen MR) is 87.6 cm³/mol. The van der Waals surface area contributed by atoms with Crippen molar-refractivity contribution in [1.82, 2.24) is 4.31 Å². The van der Waals surface area contributed by atoms with E-state index in [1.165, 1.54) is 0 Å². The molecule has 20 heavy (non-hydrogen) atoms. The molecule has 0 unspecified atom stereocenters. The molecule has 0 bridgehead atoms. The van der Waals surface area contributed by atoms with Gasteiger partial charge in [0, 0.05) is 18.4 Å². The Morgan fingerprint density at radius 3 is 2.05 bits per heavy atom. The van der Waals surface area contributed by atoms with Crippen LogP contribution < -0.4 is 0 Å². The fourth-order valence-corrected chi connectivity index (χ4v) is 4.03. The summed E-state index contributed by atoms with van der Waals surface area (Å²) in [5, 5.41) is 0.735. The molecular weight excluding hydrogens is 338 g/mol. The van der Waals surface area contributed by atoms with Gasteiger partial charge in [-0.2, -0.15) is 4.31 Å². The smallest absolute Gasteiger partial charge is 0.207 e. The Labute approximate surface area is 131 Å². The summed E-state index contributed by atoms with van der Waals surface area (Å²) in [4.78, 5) is 0.384. The minimum atomic E-state index is -3.37. The molecular formula is C15H24BrNO2S. The van der Waals surface area contributed by atoms with E-state index in [1.54, 1.807) is 16.4 Å². The first-order chi connectivity index (χ1) is 9.49. The maximum Gasteiger partial charge on any atom is 0.243 e. The lowest BCUT2D eigenvalue weighted by Gasteiger charge is -2.24. The molecule has 0 aliphatic rings. The maximum absolute atomic E-state index is 12.6. The van der Waals surface area contributed by atoms with Crippen LogP contribution in [0.1, 0.15) is 39.2 Å². The monoisotopic (exact) mass is 361 g/mol. The minimum Gasteiger partial charge on any atom is -0.207 e. The number of hydrogen-bond donors (Lipinski definition) is 0. The van der Waals surface area contributed by atoms with Crippen molar-refractivity contribution in [3.05, 3.63) is 29.8 Å². The summed E-state index contributed by atoms with van der Waals surface area (Å²) in [6, 6.07) is 7.10. The topological polar surface area (TPSA) is 37.4 Å². The molecule has 0 heterocycles. The summed E-state index contributed by atoms with van der Waals surface area (Å²) in [5.41, 5.74) is 1.08. The molecule has 0 saturated heterocycles. The van der Waals surface area contributed by atoms with Crippen LogP contribution in [0.15, 0.2) is 29.2 Å². The Kier molecular flexibility index (Phi) is 7.20. The van der Waals surface area contributed by atoms with Crippen LogP contribution in [0.2, 0.25) is 0 Å². The van der Waals surface area contributed by atoms with Crippen LogP contribution in [0.4, 0.5) is 0 Å². The third-order valence-corrected chi connectivity index (χ3v) is 6.29. The van der Waals surface area contributed by atoms with Crippen molar-refractivity contribution in [3.8, 4) is 0 Å². The van der Waals surface area contributed by atoms with Crippen molar-refractivity contribution in [2.24, 2.45) is 5.92 Å². The summed E-state index contributed by atoms with van der Waals surface area (Å²) in [6.45, 7) is 7.23. The third-order valence-electron chi connectivity index (χ3n) is 3.68. The molecule has 0 aliphatic heterocycles. The number of nitrogens with zero attached hydrogens (tertiary/aromatic N) is 1. The molecule has 0 radical (unpaired) electrons. The number of halogens is 1. The lowest BCUT2D eigenvalue weighted by Crippen LogP contribution is -2.35. The minimum absolute atomic E-state index is 0.384. The van der Waals surface area contributed by atoms with Gasteiger partial charge >= 0.3 is 0 Å². The van der Waals surface area contributed by atoms with Crippen LogP contribution in [0.5, 0.6) is 0 Å². The molecule has 1 aromatic rings. The molecule has 1 aromatic carbocycles. The van der Waals surface area contributed by atoms with Crippen molar-refractivity contribution in [2.45, 2.75) is 43.8 Å². The van der Waals surface area contributed by atoms with Gasteiger partial charge in [0.2, 0.25) is 10.0 Å². The Balaban J connectivity index is 2.98. The van der Waals surface area contributed by atoms with Crippen molar-refractivity contribution >= 4 is 26.0 Å². The summed E-state index contributed by atoms with van der Waals surface area (Å²) in [6.07, 6.45) is 2.01. The van der Waals surface area contributed by atoms with Crippen molar-refractivity contribution in [1.29, 1.82) is 0 Å². The van der Waals surface area contributed by atoms with Crippen LogP contribution in [0, 0.1) is 5.92 Å². The average molecular weight is 362 g/mol. The van der Waals surface area contributed by atoms with E-state index in [0.29, 0.717) is 23.9 Å². The lowest BCUT2D eigenvalue weighted by molar-refractivity contribution is 0.339. The Hall–Kier alpha value is -0.390. The second-order valence-corrected chi connectivity index (χ2v) is 7.41. The fourth-order valence-electron chi connectivity index (χ4n) is 2.13. The van der Waals surface area contributed by atoms with Gasteiger partial charge in [-0.05, 0) is 23.6 Å². The Bertz CT molecular complexity index is 495. The average Bonchev–Trinajstić information content (AvgIpc) is 2.48. The Morgan fingerprint density at radius 1 is 1.10 bits per heavy atom. The highest BCUT2D eigenvalue weighted by molar-refractivity contribution is 9.08. The number of alkyl halides is 1. The molecule has 0 N–H and O–H groups in total. The second kappa shape index (κ2) is 8.15. The standard InChI is InChI=1S/C15H24BrNO2S/c1-4-13(5-2)12-17(6-3)20(18,19)15-9-7-14(11-16)8-10-15/h7-10,13H,4-6,11-12H2,1-3H3. The SMILES string of the molecule is CCC(CC)CN(CC)S(=O)(=O)c1ccc(CBr)cc1. The van der Waals surface area contributed by atoms with E-state index in [9.17, 15) is 8.42 Å². The molecule has 0 aliphatic carbocycles. The van der Waals surface area contributed by atoms with Gasteiger partial charge in [-0.3, -0.25) is 0 Å². The summed E-state index contributed by atoms with van der Waals surface area (Å²) >= 11 is 3.37. The fraction of sp³-hybridized carbons (Fsp3) is 0.600. The van der Waals surface area contributed by atoms with E-state index in [1.807, 2.05) is 19.1 Å². The van der Waals surface area contributed by atoms with Crippen LogP contribution in [-0.4, -0.2) is 25.8 Å². The van der Waals surface area contributed by atoms with E-state index in [0.717, 1.165) is 23.7 Å². The predicted octanol–water partition coefficient (Wildman–Crippen LogP) is 4.03. The summed E-state index contributed by atoms with van der Waals surface area (Å²) < 4.78 is 26.9. The highest BCUT2D eigenvalue weighted by Crippen LogP contribution is 2.20. The van der Waals surface area contributed by atoms with Gasteiger partial charge in [0.25, 0.3) is 0 Å². The Morgan fingerprint density at radius 2 is 1.65 bits per heavy atom. The second-order valence-electron chi connectivity index (χ2n) is 4.92. The van der Waals surface area contributed by atoms with E-state index in [-0.39, 0.29) is 0 Å². The van der Waals surface area contributed by atoms with Crippen LogP contribution in [0.3, 0.4) is 0 Å². The quantitative estimate of drug-likeness (QED) is 0.655. The van der Waals surface area contributed by atoms with Crippen LogP contribution in [-0.2, 0) is 15.4 Å². The largest absolute Gasteiger partial charge is 0.243 e. The van der Waals surface area contributed by atoms with Crippen molar-refractivity contribution < 1.29 is 8.42 Å². The van der Waals surface area contributed by atoms with Crippen molar-refractivity contribution in [2.75, 3.05) is 13.1 Å². The molecule has 0 atom stereocenters. The van der Waals surface area contributed by atoms with E-state index >= 15 is 0 Å². The zero-order valence-corrected chi connectivity index (χ0v) is 14.9. The van der Waals surface area contributed by atoms with Gasteiger partial charge in [-0.25, -0.2) is 8.42 Å². The molecule has 0 saturated carbocycles. The zero-order valence-electron chi connectivity index (χ0n) is 12.5. The molecule has 0 aromatic heterocycles. The first kappa shape index (κ1) is 17.7. The van der Waals surface area contributed by atoms with E-state index in [2.05, 4.69) is 29.8 Å². The number of sulfonamides is 1. The van der Waals surface area contributed by atoms with Gasteiger partial charge in [0.15, 0.2) is 0 Å². The molecule has 0 fully saturated rings. The molecule has 3 nitrogen and oxygen atoms in total. The number of benzene rings is 1. The molecule has 5 heteroatoms. The van der Waals surface area contributed by atoms with Crippen LogP contribution in [0.25, 0.3) is 0 Å². The van der Waals surface area contributed by atoms with Crippen molar-refractivity contribution in [3.63, 3.8) is 0 Å². The first-order valence-electron chi connectivity index (χ1n) is 7.14. The summed E-state index contributed by atoms with van der Waals surface area (Å²) in [7, 11) is -3.37.